The molecular formula is C78H88N2O2. The fraction of sp³-hybridized carbons (Fsp3) is 0.359. The van der Waals surface area contributed by atoms with Crippen LogP contribution in [0.2, 0.25) is 0 Å². The van der Waals surface area contributed by atoms with E-state index >= 15 is 0 Å². The van der Waals surface area contributed by atoms with Gasteiger partial charge in [0.05, 0.1) is 24.3 Å². The number of hydrogen-bond donors (Lipinski definition) is 0. The molecule has 0 aliphatic heterocycles. The highest BCUT2D eigenvalue weighted by atomic mass is 16.5. The molecule has 2 aromatic heterocycles. The third kappa shape index (κ3) is 16.3. The lowest BCUT2D eigenvalue weighted by Gasteiger charge is -2.14. The van der Waals surface area contributed by atoms with Gasteiger partial charge in [-0.1, -0.05) is 250 Å². The SMILES string of the molecule is CCCCCCCCCCCCOc1cc(C#Cc2ccc(/C=C/c3ccc4c(c3)c3ccccc3n4CC)cc2)c(OCCCCCCCCCCCC)cc1C#Cc1ccc(/C=C/c2ccc3c(c2)c2ccccc2n3CC)cc1. The minimum atomic E-state index is 0.635. The predicted octanol–water partition coefficient (Wildman–Crippen LogP) is 21.7. The van der Waals surface area contributed by atoms with E-state index < -0.39 is 0 Å². The minimum absolute atomic E-state index is 0.635. The highest BCUT2D eigenvalue weighted by molar-refractivity contribution is 6.09. The normalized spacial score (nSPS) is 11.6. The van der Waals surface area contributed by atoms with E-state index in [0.29, 0.717) is 13.2 Å². The molecule has 0 bridgehead atoms. The van der Waals surface area contributed by atoms with Gasteiger partial charge in [-0.05, 0) is 110 Å². The Bertz CT molecular complexity index is 3410. The Morgan fingerprint density at radius 3 is 1.02 bits per heavy atom. The molecular weight excluding hydrogens is 997 g/mol. The maximum absolute atomic E-state index is 6.69. The standard InChI is InChI=1S/C78H88N2O2/c1-5-9-11-13-15-17-19-21-23-29-55-81-77-59-68(52-48-64-41-37-62(38-42-64)44-46-66-50-54-76-72(58-66)70-32-26-28-34-74(70)80(76)8-4)78(82-56-30-24-22-20-18-16-14-12-10-6-2)60-67(77)51-47-63-39-35-61(36-40-63)43-45-65-49-53-75-71(57-65)69-31-25-27-33-73(69)79(75)7-3/h25-28,31-46,49-50,53-54,57-60H,5-24,29-30,55-56H2,1-4H3/b45-43+,46-44+. The first-order valence-corrected chi connectivity index (χ1v) is 31.6. The van der Waals surface area contributed by atoms with Crippen LogP contribution in [0.4, 0.5) is 0 Å². The second kappa shape index (κ2) is 31.5. The maximum atomic E-state index is 6.69. The third-order valence-electron chi connectivity index (χ3n) is 16.3. The lowest BCUT2D eigenvalue weighted by molar-refractivity contribution is 0.295. The van der Waals surface area contributed by atoms with Crippen LogP contribution in [0.15, 0.2) is 146 Å². The molecule has 0 N–H and O–H groups in total. The summed E-state index contributed by atoms with van der Waals surface area (Å²) in [6.45, 7) is 12.2. The van der Waals surface area contributed by atoms with Crippen molar-refractivity contribution in [2.45, 2.75) is 169 Å². The van der Waals surface area contributed by atoms with Crippen molar-refractivity contribution in [2.24, 2.45) is 0 Å². The van der Waals surface area contributed by atoms with Gasteiger partial charge in [0.15, 0.2) is 0 Å². The Morgan fingerprint density at radius 2 is 0.646 bits per heavy atom. The van der Waals surface area contributed by atoms with E-state index in [-0.39, 0.29) is 0 Å². The van der Waals surface area contributed by atoms with Crippen molar-refractivity contribution in [3.8, 4) is 35.2 Å². The summed E-state index contributed by atoms with van der Waals surface area (Å²) in [5.74, 6) is 15.6. The van der Waals surface area contributed by atoms with Crippen LogP contribution in [0.25, 0.3) is 67.9 Å². The van der Waals surface area contributed by atoms with Gasteiger partial charge < -0.3 is 18.6 Å². The first-order valence-electron chi connectivity index (χ1n) is 31.6. The van der Waals surface area contributed by atoms with Crippen molar-refractivity contribution < 1.29 is 9.47 Å². The van der Waals surface area contributed by atoms with Crippen molar-refractivity contribution in [3.63, 3.8) is 0 Å². The van der Waals surface area contributed by atoms with Crippen molar-refractivity contribution >= 4 is 67.9 Å². The fourth-order valence-electron chi connectivity index (χ4n) is 11.6. The quantitative estimate of drug-likeness (QED) is 0.0255. The molecule has 0 radical (unpaired) electrons. The number of fused-ring (bicyclic) bond motifs is 6. The lowest BCUT2D eigenvalue weighted by atomic mass is 10.1. The summed E-state index contributed by atoms with van der Waals surface area (Å²) < 4.78 is 18.2. The lowest BCUT2D eigenvalue weighted by Crippen LogP contribution is -2.03. The van der Waals surface area contributed by atoms with Gasteiger partial charge in [0, 0.05) is 80.0 Å². The van der Waals surface area contributed by atoms with Gasteiger partial charge in [0.1, 0.15) is 11.5 Å². The van der Waals surface area contributed by atoms with Gasteiger partial charge in [-0.25, -0.2) is 0 Å². The van der Waals surface area contributed by atoms with Crippen LogP contribution < -0.4 is 9.47 Å². The zero-order chi connectivity index (χ0) is 56.6. The third-order valence-corrected chi connectivity index (χ3v) is 16.3. The molecule has 0 unspecified atom stereocenters. The Morgan fingerprint density at radius 1 is 0.317 bits per heavy atom. The molecule has 0 atom stereocenters. The molecule has 0 saturated carbocycles. The van der Waals surface area contributed by atoms with Crippen LogP contribution in [0, 0.1) is 23.7 Å². The number of aryl methyl sites for hydroxylation is 2. The molecule has 82 heavy (non-hydrogen) atoms. The average molecular weight is 1090 g/mol. The number of para-hydroxylation sites is 2. The van der Waals surface area contributed by atoms with Crippen LogP contribution in [0.3, 0.4) is 0 Å². The Balaban J connectivity index is 0.928. The minimum Gasteiger partial charge on any atom is -0.492 e. The highest BCUT2D eigenvalue weighted by Crippen LogP contribution is 2.33. The zero-order valence-corrected chi connectivity index (χ0v) is 49.8. The predicted molar refractivity (Wildman–Crippen MR) is 354 cm³/mol. The summed E-state index contributed by atoms with van der Waals surface area (Å²) in [5.41, 5.74) is 13.3. The van der Waals surface area contributed by atoms with E-state index in [2.05, 4.69) is 230 Å². The van der Waals surface area contributed by atoms with E-state index in [9.17, 15) is 0 Å². The average Bonchev–Trinajstić information content (AvgIpc) is 4.14. The summed E-state index contributed by atoms with van der Waals surface area (Å²) in [6.07, 6.45) is 34.3. The van der Waals surface area contributed by atoms with Crippen LogP contribution in [0.1, 0.15) is 201 Å². The smallest absolute Gasteiger partial charge is 0.136 e. The monoisotopic (exact) mass is 1080 g/mol. The Kier molecular flexibility index (Phi) is 22.7. The molecule has 0 amide bonds. The van der Waals surface area contributed by atoms with Gasteiger partial charge in [0.25, 0.3) is 0 Å². The first-order chi connectivity index (χ1) is 40.5. The second-order valence-corrected chi connectivity index (χ2v) is 22.4. The van der Waals surface area contributed by atoms with Gasteiger partial charge in [-0.2, -0.15) is 0 Å². The number of nitrogens with zero attached hydrogens (tertiary/aromatic N) is 2. The van der Waals surface area contributed by atoms with E-state index in [0.717, 1.165) is 83.7 Å². The Hall–Kier alpha value is -7.66. The molecule has 0 aliphatic carbocycles. The van der Waals surface area contributed by atoms with Gasteiger partial charge in [0.2, 0.25) is 0 Å². The number of rotatable bonds is 30. The first kappa shape index (κ1) is 59.0. The number of benzene rings is 7. The van der Waals surface area contributed by atoms with E-state index in [1.165, 1.54) is 157 Å². The summed E-state index contributed by atoms with van der Waals surface area (Å²) in [6, 6.07) is 52.2. The molecule has 7 aromatic carbocycles. The largest absolute Gasteiger partial charge is 0.492 e. The molecule has 422 valence electrons. The Labute approximate surface area is 491 Å². The maximum Gasteiger partial charge on any atom is 0.136 e. The van der Waals surface area contributed by atoms with E-state index in [1.807, 2.05) is 0 Å². The molecule has 0 aliphatic rings. The van der Waals surface area contributed by atoms with E-state index in [1.54, 1.807) is 0 Å². The van der Waals surface area contributed by atoms with E-state index in [4.69, 9.17) is 9.47 Å². The van der Waals surface area contributed by atoms with Crippen LogP contribution in [-0.2, 0) is 13.1 Å². The van der Waals surface area contributed by atoms with Gasteiger partial charge in [-0.3, -0.25) is 0 Å². The summed E-state index contributed by atoms with van der Waals surface area (Å²) in [4.78, 5) is 0. The number of hydrogen-bond acceptors (Lipinski definition) is 2. The second-order valence-electron chi connectivity index (χ2n) is 22.4. The molecule has 4 heteroatoms. The van der Waals surface area contributed by atoms with Crippen LogP contribution >= 0.6 is 0 Å². The van der Waals surface area contributed by atoms with Crippen molar-refractivity contribution in [3.05, 3.63) is 190 Å². The zero-order valence-electron chi connectivity index (χ0n) is 49.8. The van der Waals surface area contributed by atoms with Crippen molar-refractivity contribution in [1.29, 1.82) is 0 Å². The molecule has 0 saturated heterocycles. The number of ether oxygens (including phenoxy) is 2. The topological polar surface area (TPSA) is 28.3 Å². The van der Waals surface area contributed by atoms with Crippen molar-refractivity contribution in [1.82, 2.24) is 9.13 Å². The molecule has 2 heterocycles. The number of unbranched alkanes of at least 4 members (excludes halogenated alkanes) is 18. The molecule has 0 fully saturated rings. The molecule has 9 rings (SSSR count). The molecule has 4 nitrogen and oxygen atoms in total. The molecule has 9 aromatic rings. The number of aromatic nitrogens is 2. The summed E-state index contributed by atoms with van der Waals surface area (Å²) in [7, 11) is 0. The van der Waals surface area contributed by atoms with Crippen LogP contribution in [-0.4, -0.2) is 22.3 Å². The summed E-state index contributed by atoms with van der Waals surface area (Å²) in [5, 5.41) is 5.18. The van der Waals surface area contributed by atoms with Gasteiger partial charge in [-0.15, -0.1) is 0 Å². The van der Waals surface area contributed by atoms with Gasteiger partial charge >= 0.3 is 0 Å². The van der Waals surface area contributed by atoms with Crippen LogP contribution in [0.5, 0.6) is 11.5 Å². The fourth-order valence-corrected chi connectivity index (χ4v) is 11.6. The summed E-state index contributed by atoms with van der Waals surface area (Å²) >= 11 is 0. The molecule has 0 spiro atoms. The highest BCUT2D eigenvalue weighted by Gasteiger charge is 2.14. The van der Waals surface area contributed by atoms with Crippen molar-refractivity contribution in [2.75, 3.05) is 13.2 Å².